The van der Waals surface area contributed by atoms with E-state index in [-0.39, 0.29) is 17.3 Å². The lowest BCUT2D eigenvalue weighted by molar-refractivity contribution is -0.132. The molecule has 1 amide bonds. The minimum Gasteiger partial charge on any atom is -0.507 e. The highest BCUT2D eigenvalue weighted by Gasteiger charge is 2.48. The van der Waals surface area contributed by atoms with Gasteiger partial charge in [-0.15, -0.1) is 11.3 Å². The topological polar surface area (TPSA) is 95.5 Å². The summed E-state index contributed by atoms with van der Waals surface area (Å²) in [6.07, 6.45) is 0.734. The molecule has 2 aromatic heterocycles. The molecule has 158 valence electrons. The number of imidazole rings is 1. The molecule has 7 nitrogen and oxygen atoms in total. The maximum absolute atomic E-state index is 13.2. The molecule has 0 saturated carbocycles. The Morgan fingerprint density at radius 2 is 2.03 bits per heavy atom. The van der Waals surface area contributed by atoms with E-state index >= 15 is 0 Å². The number of benzene rings is 2. The molecule has 1 saturated heterocycles. The van der Waals surface area contributed by atoms with Gasteiger partial charge in [-0.2, -0.15) is 0 Å². The second-order valence-electron chi connectivity index (χ2n) is 7.68. The molecule has 6 rings (SSSR count). The number of aliphatic hydroxyl groups excluding tert-OH is 1. The second-order valence-corrected chi connectivity index (χ2v) is 8.66. The van der Waals surface area contributed by atoms with Crippen molar-refractivity contribution in [3.63, 3.8) is 0 Å². The van der Waals surface area contributed by atoms with Gasteiger partial charge in [0.25, 0.3) is 5.78 Å². The molecule has 0 aliphatic carbocycles. The van der Waals surface area contributed by atoms with Gasteiger partial charge in [0.1, 0.15) is 17.6 Å². The fraction of sp³-hybridized carbons (Fsp3) is 0.125. The van der Waals surface area contributed by atoms with Crippen molar-refractivity contribution in [2.45, 2.75) is 12.5 Å². The molecular weight excluding hydrogens is 426 g/mol. The number of aliphatic hydroxyl groups is 1. The number of ether oxygens (including phenoxy) is 1. The average molecular weight is 443 g/mol. The molecule has 1 atom stereocenters. The van der Waals surface area contributed by atoms with Crippen molar-refractivity contribution in [2.75, 3.05) is 11.5 Å². The van der Waals surface area contributed by atoms with Crippen molar-refractivity contribution in [3.05, 3.63) is 81.6 Å². The molecule has 2 aliphatic rings. The highest BCUT2D eigenvalue weighted by Crippen LogP contribution is 2.43. The summed E-state index contributed by atoms with van der Waals surface area (Å²) in [4.78, 5) is 36.1. The summed E-state index contributed by atoms with van der Waals surface area (Å²) < 4.78 is 5.54. The number of aromatic nitrogens is 2. The first-order valence-corrected chi connectivity index (χ1v) is 11.0. The van der Waals surface area contributed by atoms with Crippen LogP contribution in [-0.4, -0.2) is 33.4 Å². The number of nitrogens with one attached hydrogen (secondary N) is 1. The Bertz CT molecular complexity index is 1390. The molecule has 2 aliphatic heterocycles. The van der Waals surface area contributed by atoms with E-state index in [2.05, 4.69) is 9.97 Å². The number of para-hydroxylation sites is 2. The molecule has 0 spiro atoms. The number of ketones is 1. The number of nitrogens with zero attached hydrogens (tertiary/aromatic N) is 2. The number of carbonyl (C=O) groups excluding carboxylic acids is 2. The van der Waals surface area contributed by atoms with Crippen LogP contribution >= 0.6 is 11.3 Å². The van der Waals surface area contributed by atoms with Crippen molar-refractivity contribution < 1.29 is 19.4 Å². The van der Waals surface area contributed by atoms with E-state index in [1.165, 1.54) is 16.2 Å². The van der Waals surface area contributed by atoms with E-state index in [1.54, 1.807) is 12.1 Å². The van der Waals surface area contributed by atoms with Crippen LogP contribution < -0.4 is 9.64 Å². The summed E-state index contributed by atoms with van der Waals surface area (Å²) in [5.41, 5.74) is 2.95. The summed E-state index contributed by atoms with van der Waals surface area (Å²) in [6, 6.07) is 15.6. The molecule has 2 N–H and O–H groups in total. The lowest BCUT2D eigenvalue weighted by Crippen LogP contribution is -2.30. The number of H-pyrrole nitrogens is 1. The van der Waals surface area contributed by atoms with Gasteiger partial charge in [0, 0.05) is 16.9 Å². The number of thiophene rings is 1. The maximum atomic E-state index is 13.2. The van der Waals surface area contributed by atoms with Crippen LogP contribution in [0.25, 0.3) is 16.8 Å². The molecule has 1 unspecified atom stereocenters. The molecule has 4 heterocycles. The third-order valence-electron chi connectivity index (χ3n) is 5.83. The van der Waals surface area contributed by atoms with Gasteiger partial charge in [-0.1, -0.05) is 18.2 Å². The Morgan fingerprint density at radius 3 is 2.84 bits per heavy atom. The van der Waals surface area contributed by atoms with Gasteiger partial charge in [0.15, 0.2) is 0 Å². The van der Waals surface area contributed by atoms with E-state index in [0.717, 1.165) is 28.1 Å². The third-order valence-corrected chi connectivity index (χ3v) is 6.75. The van der Waals surface area contributed by atoms with Crippen LogP contribution in [0.3, 0.4) is 0 Å². The third kappa shape index (κ3) is 2.76. The highest BCUT2D eigenvalue weighted by atomic mass is 32.1. The van der Waals surface area contributed by atoms with E-state index in [4.69, 9.17) is 4.74 Å². The number of amides is 1. The zero-order valence-electron chi connectivity index (χ0n) is 16.7. The predicted molar refractivity (Wildman–Crippen MR) is 121 cm³/mol. The molecular formula is C24H17N3O4S. The first kappa shape index (κ1) is 18.8. The molecule has 32 heavy (non-hydrogen) atoms. The molecule has 0 radical (unpaired) electrons. The van der Waals surface area contributed by atoms with E-state index in [0.29, 0.717) is 17.7 Å². The number of rotatable bonds is 3. The lowest BCUT2D eigenvalue weighted by Gasteiger charge is -2.21. The number of aromatic amines is 1. The molecule has 0 bridgehead atoms. The maximum Gasteiger partial charge on any atom is 0.302 e. The molecule has 1 fully saturated rings. The number of Topliss-reactive ketones (excluding diaryl/α,β-unsaturated/α-hetero) is 1. The largest absolute Gasteiger partial charge is 0.507 e. The minimum absolute atomic E-state index is 0.0526. The Kier molecular flexibility index (Phi) is 4.16. The van der Waals surface area contributed by atoms with Crippen molar-refractivity contribution in [3.8, 4) is 5.75 Å². The van der Waals surface area contributed by atoms with Gasteiger partial charge in [-0.05, 0) is 47.3 Å². The second kappa shape index (κ2) is 7.06. The van der Waals surface area contributed by atoms with Crippen LogP contribution in [0.15, 0.2) is 65.6 Å². The van der Waals surface area contributed by atoms with Crippen LogP contribution in [-0.2, 0) is 16.0 Å². The zero-order valence-corrected chi connectivity index (χ0v) is 17.6. The first-order valence-electron chi connectivity index (χ1n) is 10.2. The van der Waals surface area contributed by atoms with E-state index < -0.39 is 17.7 Å². The number of fused-ring (bicyclic) bond motifs is 2. The number of carbonyl (C=O) groups is 2. The average Bonchev–Trinajstić information content (AvgIpc) is 3.59. The monoisotopic (exact) mass is 443 g/mol. The quantitative estimate of drug-likeness (QED) is 0.281. The number of hydrogen-bond donors (Lipinski definition) is 2. The van der Waals surface area contributed by atoms with Crippen LogP contribution in [0.1, 0.15) is 22.0 Å². The molecule has 8 heteroatoms. The van der Waals surface area contributed by atoms with Crippen LogP contribution in [0.5, 0.6) is 5.75 Å². The number of hydrogen-bond acceptors (Lipinski definition) is 6. The summed E-state index contributed by atoms with van der Waals surface area (Å²) in [5, 5.41) is 13.1. The van der Waals surface area contributed by atoms with Gasteiger partial charge in [-0.3, -0.25) is 14.5 Å². The zero-order chi connectivity index (χ0) is 21.8. The summed E-state index contributed by atoms with van der Waals surface area (Å²) >= 11 is 1.41. The minimum atomic E-state index is -0.778. The summed E-state index contributed by atoms with van der Waals surface area (Å²) in [6.45, 7) is 0.588. The Hall–Kier alpha value is -3.91. The van der Waals surface area contributed by atoms with Gasteiger partial charge in [0.05, 0.1) is 23.2 Å². The smallest absolute Gasteiger partial charge is 0.302 e. The van der Waals surface area contributed by atoms with Crippen LogP contribution in [0.2, 0.25) is 0 Å². The normalized spacial score (nSPS) is 19.5. The molecule has 2 aromatic carbocycles. The number of anilines is 1. The van der Waals surface area contributed by atoms with Gasteiger partial charge in [-0.25, -0.2) is 4.98 Å². The Labute approximate surface area is 186 Å². The van der Waals surface area contributed by atoms with Crippen LogP contribution in [0.4, 0.5) is 5.95 Å². The van der Waals surface area contributed by atoms with Gasteiger partial charge in [0.2, 0.25) is 5.95 Å². The Balaban J connectivity index is 1.54. The molecule has 4 aromatic rings. The lowest BCUT2D eigenvalue weighted by atomic mass is 9.98. The van der Waals surface area contributed by atoms with Crippen molar-refractivity contribution >= 4 is 45.8 Å². The fourth-order valence-corrected chi connectivity index (χ4v) is 5.13. The predicted octanol–water partition coefficient (Wildman–Crippen LogP) is 4.19. The van der Waals surface area contributed by atoms with E-state index in [1.807, 2.05) is 47.8 Å². The van der Waals surface area contributed by atoms with Crippen molar-refractivity contribution in [2.24, 2.45) is 0 Å². The summed E-state index contributed by atoms with van der Waals surface area (Å²) in [7, 11) is 0. The fourth-order valence-electron chi connectivity index (χ4n) is 4.31. The van der Waals surface area contributed by atoms with Crippen molar-refractivity contribution in [1.82, 2.24) is 9.97 Å². The summed E-state index contributed by atoms with van der Waals surface area (Å²) in [5.74, 6) is -0.617. The van der Waals surface area contributed by atoms with Gasteiger partial charge >= 0.3 is 5.91 Å². The standard InChI is InChI=1S/C24H17N3O4S/c28-21(14-7-8-17-13(12-14)9-10-31-17)19-20(18-6-3-11-32-18)27(23(30)22(19)29)24-25-15-4-1-2-5-16(15)26-24/h1-8,11-12,20,28H,9-10H2,(H,25,26)/b21-19+. The highest BCUT2D eigenvalue weighted by molar-refractivity contribution is 7.10. The van der Waals surface area contributed by atoms with Gasteiger partial charge < -0.3 is 14.8 Å². The van der Waals surface area contributed by atoms with Crippen molar-refractivity contribution in [1.29, 1.82) is 0 Å². The SMILES string of the molecule is O=C1C(=O)N(c2nc3ccccc3[nH]2)C(c2cccs2)/C1=C(\O)c1ccc2c(c1)CCO2. The van der Waals surface area contributed by atoms with Crippen LogP contribution in [0, 0.1) is 0 Å². The van der Waals surface area contributed by atoms with E-state index in [9.17, 15) is 14.7 Å². The Morgan fingerprint density at radius 1 is 1.16 bits per heavy atom. The first-order chi connectivity index (χ1) is 15.6.